The lowest BCUT2D eigenvalue weighted by Crippen LogP contribution is -2.12. The van der Waals surface area contributed by atoms with E-state index in [1.165, 1.54) is 29.4 Å². The average Bonchev–Trinajstić information content (AvgIpc) is 3.45. The molecule has 9 nitrogen and oxygen atoms in total. The zero-order valence-corrected chi connectivity index (χ0v) is 19.9. The summed E-state index contributed by atoms with van der Waals surface area (Å²) in [5.74, 6) is -0.143. The molecule has 4 aromatic rings. The molecule has 0 saturated heterocycles. The van der Waals surface area contributed by atoms with Crippen molar-refractivity contribution in [2.45, 2.75) is 6.42 Å². The van der Waals surface area contributed by atoms with Gasteiger partial charge in [0.25, 0.3) is 0 Å². The largest absolute Gasteiger partial charge is 0.374 e. The second-order valence-electron chi connectivity index (χ2n) is 8.51. The summed E-state index contributed by atoms with van der Waals surface area (Å²) in [6.45, 7) is 4.41. The van der Waals surface area contributed by atoms with E-state index >= 15 is 0 Å². The van der Waals surface area contributed by atoms with Crippen LogP contribution in [-0.4, -0.2) is 39.2 Å². The minimum atomic E-state index is -0.492. The lowest BCUT2D eigenvalue weighted by atomic mass is 10.0. The molecule has 1 aliphatic rings. The number of likely N-dealkylation sites (N-methyl/N-ethyl adjacent to an activating group) is 1. The van der Waals surface area contributed by atoms with Crippen LogP contribution in [0, 0.1) is 5.82 Å². The highest BCUT2D eigenvalue weighted by Gasteiger charge is 2.19. The quantitative estimate of drug-likeness (QED) is 0.329. The van der Waals surface area contributed by atoms with E-state index in [-0.39, 0.29) is 11.6 Å². The van der Waals surface area contributed by atoms with Gasteiger partial charge < -0.3 is 20.9 Å². The lowest BCUT2D eigenvalue weighted by molar-refractivity contribution is -0.111. The number of nitrogens with zero attached hydrogens (tertiary/aromatic N) is 5. The highest BCUT2D eigenvalue weighted by Crippen LogP contribution is 2.35. The van der Waals surface area contributed by atoms with Crippen molar-refractivity contribution in [1.29, 1.82) is 0 Å². The molecule has 3 N–H and O–H groups in total. The summed E-state index contributed by atoms with van der Waals surface area (Å²) in [5, 5.41) is 13.0. The zero-order valence-electron chi connectivity index (χ0n) is 19.9. The summed E-state index contributed by atoms with van der Waals surface area (Å²) in [6.07, 6.45) is 7.26. The second-order valence-corrected chi connectivity index (χ2v) is 8.51. The van der Waals surface area contributed by atoms with Crippen molar-refractivity contribution in [2.75, 3.05) is 34.4 Å². The van der Waals surface area contributed by atoms with E-state index < -0.39 is 5.82 Å². The number of amides is 1. The smallest absolute Gasteiger partial charge is 0.247 e. The number of benzene rings is 2. The van der Waals surface area contributed by atoms with Crippen molar-refractivity contribution in [3.8, 4) is 11.1 Å². The maximum Gasteiger partial charge on any atom is 0.247 e. The molecule has 0 unspecified atom stereocenters. The third-order valence-corrected chi connectivity index (χ3v) is 5.94. The van der Waals surface area contributed by atoms with Crippen molar-refractivity contribution >= 4 is 40.4 Å². The Balaban J connectivity index is 1.54. The van der Waals surface area contributed by atoms with Gasteiger partial charge in [0, 0.05) is 50.0 Å². The van der Waals surface area contributed by atoms with Crippen LogP contribution in [0.2, 0.25) is 0 Å². The standard InChI is InChI=1S/C26H25FN8O/c1-4-24(36)30-18-6-7-21(27)22(12-18)32-25-20(16-5-8-23-17(11-16)9-10-34(23)2)14-28-26(33-25)31-19-13-29-35(3)15-19/h4-8,11-15H,1,9-10H2,2-3H3,(H,30,36)(H2,28,31,32,33). The monoisotopic (exact) mass is 484 g/mol. The number of rotatable bonds is 7. The molecule has 5 rings (SSSR count). The van der Waals surface area contributed by atoms with Gasteiger partial charge in [0.15, 0.2) is 0 Å². The summed E-state index contributed by atoms with van der Waals surface area (Å²) in [5.41, 5.74) is 5.36. The molecule has 10 heteroatoms. The van der Waals surface area contributed by atoms with E-state index in [4.69, 9.17) is 0 Å². The summed E-state index contributed by atoms with van der Waals surface area (Å²) >= 11 is 0. The molecule has 3 heterocycles. The fraction of sp³-hybridized carbons (Fsp3) is 0.154. The summed E-state index contributed by atoms with van der Waals surface area (Å²) < 4.78 is 16.5. The maximum atomic E-state index is 14.8. The first-order chi connectivity index (χ1) is 17.4. The van der Waals surface area contributed by atoms with Crippen molar-refractivity contribution in [1.82, 2.24) is 19.7 Å². The SMILES string of the molecule is C=CC(=O)Nc1ccc(F)c(Nc2nc(Nc3cnn(C)c3)ncc2-c2ccc3c(c2)CCN3C)c1. The third-order valence-electron chi connectivity index (χ3n) is 5.94. The molecule has 0 bridgehead atoms. The van der Waals surface area contributed by atoms with Crippen molar-refractivity contribution in [2.24, 2.45) is 7.05 Å². The Kier molecular flexibility index (Phi) is 6.07. The van der Waals surface area contributed by atoms with E-state index in [1.807, 2.05) is 13.1 Å². The second kappa shape index (κ2) is 9.49. The summed E-state index contributed by atoms with van der Waals surface area (Å²) in [7, 11) is 3.88. The Morgan fingerprint density at radius 3 is 2.75 bits per heavy atom. The van der Waals surface area contributed by atoms with E-state index in [9.17, 15) is 9.18 Å². The topological polar surface area (TPSA) is 100 Å². The van der Waals surface area contributed by atoms with Gasteiger partial charge >= 0.3 is 0 Å². The first kappa shape index (κ1) is 23.0. The van der Waals surface area contributed by atoms with Crippen LogP contribution in [0.4, 0.5) is 38.9 Å². The van der Waals surface area contributed by atoms with E-state index in [2.05, 4.69) is 61.7 Å². The van der Waals surface area contributed by atoms with Gasteiger partial charge in [-0.25, -0.2) is 9.37 Å². The number of hydrogen-bond donors (Lipinski definition) is 3. The number of halogens is 1. The number of aromatic nitrogens is 4. The number of fused-ring (bicyclic) bond motifs is 1. The van der Waals surface area contributed by atoms with Crippen LogP contribution in [0.5, 0.6) is 0 Å². The van der Waals surface area contributed by atoms with Gasteiger partial charge in [-0.2, -0.15) is 10.1 Å². The van der Waals surface area contributed by atoms with Gasteiger partial charge in [0.05, 0.1) is 17.6 Å². The molecule has 0 aliphatic carbocycles. The molecule has 0 fully saturated rings. The number of anilines is 6. The minimum Gasteiger partial charge on any atom is -0.374 e. The molecule has 0 saturated carbocycles. The third kappa shape index (κ3) is 4.74. The predicted octanol–water partition coefficient (Wildman–Crippen LogP) is 4.62. The molecule has 0 atom stereocenters. The first-order valence-electron chi connectivity index (χ1n) is 11.4. The first-order valence-corrected chi connectivity index (χ1v) is 11.4. The van der Waals surface area contributed by atoms with E-state index in [0.717, 1.165) is 30.3 Å². The molecule has 0 radical (unpaired) electrons. The van der Waals surface area contributed by atoms with Crippen LogP contribution in [0.15, 0.2) is 67.6 Å². The molecular weight excluding hydrogens is 459 g/mol. The van der Waals surface area contributed by atoms with Crippen LogP contribution in [0.25, 0.3) is 11.1 Å². The van der Waals surface area contributed by atoms with Gasteiger partial charge in [-0.05, 0) is 54.0 Å². The predicted molar refractivity (Wildman–Crippen MR) is 139 cm³/mol. The van der Waals surface area contributed by atoms with Crippen molar-refractivity contribution in [3.05, 3.63) is 79.0 Å². The Labute approximate surface area is 207 Å². The number of carbonyl (C=O) groups excluding carboxylic acids is 1. The van der Waals surface area contributed by atoms with E-state index in [1.54, 1.807) is 23.3 Å². The van der Waals surface area contributed by atoms with Gasteiger partial charge in [-0.1, -0.05) is 12.6 Å². The van der Waals surface area contributed by atoms with Crippen molar-refractivity contribution in [3.63, 3.8) is 0 Å². The van der Waals surface area contributed by atoms with Gasteiger partial charge in [-0.3, -0.25) is 9.48 Å². The number of aryl methyl sites for hydroxylation is 1. The number of nitrogens with one attached hydrogen (secondary N) is 3. The molecular formula is C26H25FN8O. The fourth-order valence-electron chi connectivity index (χ4n) is 4.12. The summed E-state index contributed by atoms with van der Waals surface area (Å²) in [6, 6.07) is 10.5. The number of hydrogen-bond acceptors (Lipinski definition) is 7. The van der Waals surface area contributed by atoms with Crippen LogP contribution >= 0.6 is 0 Å². The maximum absolute atomic E-state index is 14.8. The highest BCUT2D eigenvalue weighted by atomic mass is 19.1. The number of carbonyl (C=O) groups is 1. The van der Waals surface area contributed by atoms with Crippen LogP contribution in [0.1, 0.15) is 5.56 Å². The molecule has 1 amide bonds. The van der Waals surface area contributed by atoms with Gasteiger partial charge in [-0.15, -0.1) is 0 Å². The lowest BCUT2D eigenvalue weighted by Gasteiger charge is -2.16. The molecule has 0 spiro atoms. The minimum absolute atomic E-state index is 0.157. The molecule has 182 valence electrons. The Bertz CT molecular complexity index is 1460. The van der Waals surface area contributed by atoms with Crippen LogP contribution < -0.4 is 20.9 Å². The summed E-state index contributed by atoms with van der Waals surface area (Å²) in [4.78, 5) is 23.1. The van der Waals surface area contributed by atoms with E-state index in [0.29, 0.717) is 23.0 Å². The van der Waals surface area contributed by atoms with Crippen LogP contribution in [0.3, 0.4) is 0 Å². The van der Waals surface area contributed by atoms with Gasteiger partial charge in [0.1, 0.15) is 11.6 Å². The van der Waals surface area contributed by atoms with Gasteiger partial charge in [0.2, 0.25) is 11.9 Å². The average molecular weight is 485 g/mol. The van der Waals surface area contributed by atoms with Crippen LogP contribution in [-0.2, 0) is 18.3 Å². The normalized spacial score (nSPS) is 12.2. The molecule has 36 heavy (non-hydrogen) atoms. The Morgan fingerprint density at radius 1 is 1.11 bits per heavy atom. The van der Waals surface area contributed by atoms with Crippen molar-refractivity contribution < 1.29 is 9.18 Å². The fourth-order valence-corrected chi connectivity index (χ4v) is 4.12. The Hall–Kier alpha value is -4.73. The Morgan fingerprint density at radius 2 is 1.97 bits per heavy atom. The molecule has 2 aromatic carbocycles. The molecule has 1 aliphatic heterocycles. The molecule has 2 aromatic heterocycles. The zero-order chi connectivity index (χ0) is 25.2. The highest BCUT2D eigenvalue weighted by molar-refractivity contribution is 5.99.